The maximum absolute atomic E-state index is 9.55. The highest BCUT2D eigenvalue weighted by Gasteiger charge is 2.31. The first-order valence-corrected chi connectivity index (χ1v) is 6.12. The second-order valence-corrected chi connectivity index (χ2v) is 4.63. The number of ether oxygens (including phenoxy) is 2. The van der Waals surface area contributed by atoms with Crippen LogP contribution in [0, 0.1) is 0 Å². The van der Waals surface area contributed by atoms with Crippen molar-refractivity contribution >= 4 is 17.1 Å². The molecule has 94 valence electrons. The van der Waals surface area contributed by atoms with Gasteiger partial charge in [-0.05, 0) is 12.5 Å². The lowest BCUT2D eigenvalue weighted by Gasteiger charge is -2.33. The Labute approximate surface area is 106 Å². The van der Waals surface area contributed by atoms with Gasteiger partial charge >= 0.3 is 0 Å². The number of allylic oxidation sites excluding steroid dienone is 4. The quantitative estimate of drug-likeness (QED) is 0.740. The van der Waals surface area contributed by atoms with Crippen LogP contribution in [0.1, 0.15) is 19.3 Å². The lowest BCUT2D eigenvalue weighted by Crippen LogP contribution is -2.42. The first kappa shape index (κ1) is 12.7. The predicted molar refractivity (Wildman–Crippen MR) is 66.5 cm³/mol. The summed E-state index contributed by atoms with van der Waals surface area (Å²) in [6.07, 6.45) is 5.92. The topological polar surface area (TPSA) is 58.9 Å². The molecule has 1 fully saturated rings. The molecule has 0 aromatic heterocycles. The number of hydrogen-bond acceptors (Lipinski definition) is 5. The molecule has 3 atom stereocenters. The van der Waals surface area contributed by atoms with Gasteiger partial charge in [0.05, 0.1) is 17.6 Å². The van der Waals surface area contributed by atoms with Crippen molar-refractivity contribution in [1.82, 2.24) is 0 Å². The van der Waals surface area contributed by atoms with Gasteiger partial charge in [0.2, 0.25) is 0 Å². The van der Waals surface area contributed by atoms with E-state index in [1.54, 1.807) is 0 Å². The molecule has 4 nitrogen and oxygen atoms in total. The van der Waals surface area contributed by atoms with Crippen molar-refractivity contribution in [2.75, 3.05) is 6.61 Å². The highest BCUT2D eigenvalue weighted by molar-refractivity contribution is 7.80. The average Bonchev–Trinajstić information content (AvgIpc) is 2.34. The number of rotatable bonds is 3. The van der Waals surface area contributed by atoms with E-state index in [0.717, 1.165) is 4.86 Å². The Morgan fingerprint density at radius 1 is 1.47 bits per heavy atom. The molecule has 2 rings (SSSR count). The normalized spacial score (nSPS) is 33.4. The van der Waals surface area contributed by atoms with E-state index in [1.165, 1.54) is 0 Å². The molecule has 1 aliphatic carbocycles. The zero-order chi connectivity index (χ0) is 12.3. The zero-order valence-corrected chi connectivity index (χ0v) is 10.2. The van der Waals surface area contributed by atoms with E-state index in [-0.39, 0.29) is 6.61 Å². The van der Waals surface area contributed by atoms with E-state index < -0.39 is 18.5 Å². The fraction of sp³-hybridized carbons (Fsp3) is 0.583. The van der Waals surface area contributed by atoms with Crippen LogP contribution in [-0.4, -0.2) is 40.2 Å². The SMILES string of the molecule is OC[C@H]1O[C@@H](OC2=CC=CCC2=S)CC[C@@H]1O. The van der Waals surface area contributed by atoms with Crippen LogP contribution in [-0.2, 0) is 9.47 Å². The Bertz CT molecular complexity index is 350. The third-order valence-electron chi connectivity index (χ3n) is 2.85. The molecule has 1 heterocycles. The van der Waals surface area contributed by atoms with Gasteiger partial charge in [-0.25, -0.2) is 0 Å². The molecule has 0 unspecified atom stereocenters. The van der Waals surface area contributed by atoms with E-state index in [2.05, 4.69) is 0 Å². The third-order valence-corrected chi connectivity index (χ3v) is 3.22. The number of thiocarbonyl (C=S) groups is 1. The lowest BCUT2D eigenvalue weighted by molar-refractivity contribution is -0.213. The van der Waals surface area contributed by atoms with E-state index in [0.29, 0.717) is 25.0 Å². The maximum Gasteiger partial charge on any atom is 0.200 e. The van der Waals surface area contributed by atoms with Gasteiger partial charge in [-0.15, -0.1) is 0 Å². The van der Waals surface area contributed by atoms with Crippen molar-refractivity contribution in [2.24, 2.45) is 0 Å². The molecule has 0 saturated carbocycles. The number of hydrogen-bond donors (Lipinski definition) is 2. The van der Waals surface area contributed by atoms with Gasteiger partial charge in [0.25, 0.3) is 0 Å². The van der Waals surface area contributed by atoms with Crippen LogP contribution in [0.3, 0.4) is 0 Å². The number of aliphatic hydroxyl groups is 2. The fourth-order valence-electron chi connectivity index (χ4n) is 1.87. The molecule has 0 aromatic carbocycles. The minimum absolute atomic E-state index is 0.204. The third kappa shape index (κ3) is 3.13. The average molecular weight is 256 g/mol. The first-order chi connectivity index (χ1) is 8.20. The number of aliphatic hydroxyl groups excluding tert-OH is 2. The van der Waals surface area contributed by atoms with E-state index in [4.69, 9.17) is 26.8 Å². The Morgan fingerprint density at radius 2 is 2.29 bits per heavy atom. The molecule has 0 amide bonds. The van der Waals surface area contributed by atoms with Gasteiger partial charge in [-0.1, -0.05) is 24.4 Å². The fourth-order valence-corrected chi connectivity index (χ4v) is 2.08. The van der Waals surface area contributed by atoms with Crippen molar-refractivity contribution in [3.8, 4) is 0 Å². The highest BCUT2D eigenvalue weighted by Crippen LogP contribution is 2.24. The molecule has 5 heteroatoms. The molecule has 0 spiro atoms. The van der Waals surface area contributed by atoms with Crippen molar-refractivity contribution in [3.05, 3.63) is 24.0 Å². The van der Waals surface area contributed by atoms with Crippen molar-refractivity contribution in [3.63, 3.8) is 0 Å². The van der Waals surface area contributed by atoms with Gasteiger partial charge in [-0.2, -0.15) is 0 Å². The Morgan fingerprint density at radius 3 is 3.00 bits per heavy atom. The summed E-state index contributed by atoms with van der Waals surface area (Å²) in [4.78, 5) is 0.753. The van der Waals surface area contributed by atoms with Crippen molar-refractivity contribution < 1.29 is 19.7 Å². The van der Waals surface area contributed by atoms with Crippen LogP contribution in [0.4, 0.5) is 0 Å². The smallest absolute Gasteiger partial charge is 0.200 e. The molecule has 1 aliphatic heterocycles. The van der Waals surface area contributed by atoms with Gasteiger partial charge < -0.3 is 19.7 Å². The summed E-state index contributed by atoms with van der Waals surface area (Å²) < 4.78 is 11.1. The molecule has 0 aromatic rings. The monoisotopic (exact) mass is 256 g/mol. The molecule has 2 aliphatic rings. The molecular formula is C12H16O4S. The molecule has 1 saturated heterocycles. The summed E-state index contributed by atoms with van der Waals surface area (Å²) in [5.41, 5.74) is 0. The highest BCUT2D eigenvalue weighted by atomic mass is 32.1. The van der Waals surface area contributed by atoms with Gasteiger partial charge in [0, 0.05) is 12.8 Å². The minimum Gasteiger partial charge on any atom is -0.464 e. The Hall–Kier alpha value is -0.750. The summed E-state index contributed by atoms with van der Waals surface area (Å²) >= 11 is 5.18. The Balaban J connectivity index is 1.93. The molecule has 2 N–H and O–H groups in total. The van der Waals surface area contributed by atoms with Crippen LogP contribution in [0.5, 0.6) is 0 Å². The second kappa shape index (κ2) is 5.73. The van der Waals surface area contributed by atoms with Crippen molar-refractivity contribution in [2.45, 2.75) is 37.8 Å². The largest absolute Gasteiger partial charge is 0.464 e. The van der Waals surface area contributed by atoms with Crippen LogP contribution in [0.25, 0.3) is 0 Å². The van der Waals surface area contributed by atoms with Gasteiger partial charge in [0.15, 0.2) is 6.29 Å². The zero-order valence-electron chi connectivity index (χ0n) is 9.41. The van der Waals surface area contributed by atoms with E-state index in [1.807, 2.05) is 18.2 Å². The lowest BCUT2D eigenvalue weighted by atomic mass is 10.1. The first-order valence-electron chi connectivity index (χ1n) is 5.72. The summed E-state index contributed by atoms with van der Waals surface area (Å²) in [6.45, 7) is -0.204. The summed E-state index contributed by atoms with van der Waals surface area (Å²) in [5.74, 6) is 0.653. The maximum atomic E-state index is 9.55. The summed E-state index contributed by atoms with van der Waals surface area (Å²) in [5, 5.41) is 18.6. The second-order valence-electron chi connectivity index (χ2n) is 4.14. The van der Waals surface area contributed by atoms with Crippen LogP contribution < -0.4 is 0 Å². The van der Waals surface area contributed by atoms with Gasteiger partial charge in [0.1, 0.15) is 11.9 Å². The molecule has 0 radical (unpaired) electrons. The van der Waals surface area contributed by atoms with Gasteiger partial charge in [-0.3, -0.25) is 0 Å². The molecule has 17 heavy (non-hydrogen) atoms. The van der Waals surface area contributed by atoms with E-state index in [9.17, 15) is 5.11 Å². The summed E-state index contributed by atoms with van der Waals surface area (Å²) in [6, 6.07) is 0. The predicted octanol–water partition coefficient (Wildman–Crippen LogP) is 1.07. The molecular weight excluding hydrogens is 240 g/mol. The standard InChI is InChI=1S/C12H16O4S/c13-7-10-8(14)5-6-12(16-10)15-9-3-1-2-4-11(9)17/h1-3,8,10,12-14H,4-7H2/t8-,10+,12+/m0/s1. The van der Waals surface area contributed by atoms with Crippen LogP contribution in [0.15, 0.2) is 24.0 Å². The van der Waals surface area contributed by atoms with Crippen molar-refractivity contribution in [1.29, 1.82) is 0 Å². The van der Waals surface area contributed by atoms with Crippen LogP contribution >= 0.6 is 12.2 Å². The van der Waals surface area contributed by atoms with Crippen LogP contribution in [0.2, 0.25) is 0 Å². The molecule has 0 bridgehead atoms. The minimum atomic E-state index is -0.618. The summed E-state index contributed by atoms with van der Waals surface area (Å²) in [7, 11) is 0. The Kier molecular flexibility index (Phi) is 4.28. The van der Waals surface area contributed by atoms with E-state index >= 15 is 0 Å².